The summed E-state index contributed by atoms with van der Waals surface area (Å²) in [7, 11) is 5.98. The summed E-state index contributed by atoms with van der Waals surface area (Å²) in [5, 5.41) is 2.15. The molecule has 118 valence electrons. The molecule has 6 nitrogen and oxygen atoms in total. The van der Waals surface area contributed by atoms with E-state index >= 15 is 0 Å². The maximum atomic E-state index is 5.92. The first-order valence-corrected chi connectivity index (χ1v) is 7.59. The molecule has 0 saturated heterocycles. The summed E-state index contributed by atoms with van der Waals surface area (Å²) in [5.74, 6) is 1.12. The second kappa shape index (κ2) is 4.87. The second-order valence-electron chi connectivity index (χ2n) is 6.08. The highest BCUT2D eigenvalue weighted by molar-refractivity contribution is 6.12. The molecule has 1 atom stereocenters. The van der Waals surface area contributed by atoms with Crippen molar-refractivity contribution in [2.45, 2.75) is 12.5 Å². The fourth-order valence-electron chi connectivity index (χ4n) is 3.31. The molecule has 0 radical (unpaired) electrons. The van der Waals surface area contributed by atoms with Gasteiger partial charge in [-0.2, -0.15) is 4.98 Å². The molecular weight excluding hydrogens is 290 g/mol. The zero-order valence-corrected chi connectivity index (χ0v) is 13.4. The Hall–Kier alpha value is -2.76. The van der Waals surface area contributed by atoms with Crippen LogP contribution in [0.5, 0.6) is 0 Å². The standard InChI is InChI=1S/C17H19N5O/c1-21(2)16-14-10-6-7-22(3)15(10)11(13-5-4-8-23-13)9-12(14)19-17(18)20-16/h4,6-9,13H,5H2,1-3H3,(H2,18,19,20). The minimum Gasteiger partial charge on any atom is -0.493 e. The number of aromatic nitrogens is 3. The molecule has 1 aliphatic rings. The fourth-order valence-corrected chi connectivity index (χ4v) is 3.31. The van der Waals surface area contributed by atoms with Crippen LogP contribution in [0.3, 0.4) is 0 Å². The van der Waals surface area contributed by atoms with Gasteiger partial charge in [0.25, 0.3) is 0 Å². The number of rotatable bonds is 2. The Kier molecular flexibility index (Phi) is 2.94. The number of anilines is 2. The van der Waals surface area contributed by atoms with E-state index in [0.29, 0.717) is 0 Å². The Bertz CT molecular complexity index is 933. The quantitative estimate of drug-likeness (QED) is 0.788. The average Bonchev–Trinajstić information content (AvgIpc) is 3.15. The van der Waals surface area contributed by atoms with Crippen LogP contribution in [0, 0.1) is 0 Å². The highest BCUT2D eigenvalue weighted by atomic mass is 16.5. The van der Waals surface area contributed by atoms with Crippen LogP contribution in [-0.2, 0) is 11.8 Å². The van der Waals surface area contributed by atoms with Crippen LogP contribution in [0.25, 0.3) is 21.8 Å². The highest BCUT2D eigenvalue weighted by Gasteiger charge is 2.23. The smallest absolute Gasteiger partial charge is 0.222 e. The highest BCUT2D eigenvalue weighted by Crippen LogP contribution is 2.39. The number of aryl methyl sites for hydroxylation is 1. The van der Waals surface area contributed by atoms with Gasteiger partial charge in [0.05, 0.1) is 22.7 Å². The van der Waals surface area contributed by atoms with E-state index in [1.807, 2.05) is 32.1 Å². The first-order valence-electron chi connectivity index (χ1n) is 7.59. The molecule has 1 aliphatic heterocycles. The van der Waals surface area contributed by atoms with Gasteiger partial charge in [0.1, 0.15) is 11.9 Å². The summed E-state index contributed by atoms with van der Waals surface area (Å²) in [5.41, 5.74) is 9.06. The lowest BCUT2D eigenvalue weighted by Gasteiger charge is -2.18. The first-order chi connectivity index (χ1) is 11.1. The van der Waals surface area contributed by atoms with Crippen molar-refractivity contribution in [2.24, 2.45) is 7.05 Å². The number of hydrogen-bond acceptors (Lipinski definition) is 5. The van der Waals surface area contributed by atoms with E-state index in [9.17, 15) is 0 Å². The first kappa shape index (κ1) is 13.9. The zero-order chi connectivity index (χ0) is 16.1. The van der Waals surface area contributed by atoms with Gasteiger partial charge in [0.2, 0.25) is 5.95 Å². The zero-order valence-electron chi connectivity index (χ0n) is 13.4. The molecule has 6 heteroatoms. The minimum absolute atomic E-state index is 0.0227. The lowest BCUT2D eigenvalue weighted by Crippen LogP contribution is -2.13. The Labute approximate surface area is 134 Å². The summed E-state index contributed by atoms with van der Waals surface area (Å²) in [6, 6.07) is 4.19. The third kappa shape index (κ3) is 2.02. The van der Waals surface area contributed by atoms with Crippen molar-refractivity contribution in [1.82, 2.24) is 14.5 Å². The minimum atomic E-state index is 0.0227. The molecule has 0 saturated carbocycles. The number of benzene rings is 1. The van der Waals surface area contributed by atoms with Gasteiger partial charge in [-0.1, -0.05) is 0 Å². The average molecular weight is 309 g/mol. The largest absolute Gasteiger partial charge is 0.493 e. The molecule has 3 aromatic rings. The Morgan fingerprint density at radius 2 is 2.17 bits per heavy atom. The van der Waals surface area contributed by atoms with E-state index < -0.39 is 0 Å². The van der Waals surface area contributed by atoms with E-state index in [1.54, 1.807) is 6.26 Å². The lowest BCUT2D eigenvalue weighted by atomic mass is 10.0. The van der Waals surface area contributed by atoms with Gasteiger partial charge in [-0.05, 0) is 18.2 Å². The van der Waals surface area contributed by atoms with Crippen LogP contribution >= 0.6 is 0 Å². The van der Waals surface area contributed by atoms with Gasteiger partial charge in [-0.15, -0.1) is 0 Å². The van der Waals surface area contributed by atoms with Gasteiger partial charge in [-0.3, -0.25) is 0 Å². The van der Waals surface area contributed by atoms with E-state index in [2.05, 4.69) is 32.9 Å². The summed E-state index contributed by atoms with van der Waals surface area (Å²) in [4.78, 5) is 10.9. The number of nitrogen functional groups attached to an aromatic ring is 1. The maximum Gasteiger partial charge on any atom is 0.222 e. The van der Waals surface area contributed by atoms with E-state index in [-0.39, 0.29) is 12.1 Å². The van der Waals surface area contributed by atoms with Crippen LogP contribution in [0.4, 0.5) is 11.8 Å². The third-order valence-corrected chi connectivity index (χ3v) is 4.30. The van der Waals surface area contributed by atoms with Crippen molar-refractivity contribution in [3.05, 3.63) is 36.2 Å². The Morgan fingerprint density at radius 3 is 2.87 bits per heavy atom. The van der Waals surface area contributed by atoms with Gasteiger partial charge >= 0.3 is 0 Å². The van der Waals surface area contributed by atoms with Crippen molar-refractivity contribution in [2.75, 3.05) is 24.7 Å². The van der Waals surface area contributed by atoms with Crippen molar-refractivity contribution in [3.8, 4) is 0 Å². The molecule has 0 amide bonds. The number of nitrogens with zero attached hydrogens (tertiary/aromatic N) is 4. The van der Waals surface area contributed by atoms with Crippen LogP contribution in [0.2, 0.25) is 0 Å². The van der Waals surface area contributed by atoms with Crippen molar-refractivity contribution in [1.29, 1.82) is 0 Å². The molecule has 2 aromatic heterocycles. The third-order valence-electron chi connectivity index (χ3n) is 4.30. The molecule has 2 N–H and O–H groups in total. The van der Waals surface area contributed by atoms with E-state index in [0.717, 1.165) is 39.6 Å². The van der Waals surface area contributed by atoms with Crippen LogP contribution in [0.15, 0.2) is 30.7 Å². The van der Waals surface area contributed by atoms with Gasteiger partial charge < -0.3 is 19.9 Å². The molecule has 1 unspecified atom stereocenters. The van der Waals surface area contributed by atoms with Crippen LogP contribution < -0.4 is 10.6 Å². The molecule has 0 spiro atoms. The molecule has 0 aliphatic carbocycles. The van der Waals surface area contributed by atoms with Crippen molar-refractivity contribution < 1.29 is 4.74 Å². The van der Waals surface area contributed by atoms with E-state index in [4.69, 9.17) is 10.5 Å². The van der Waals surface area contributed by atoms with Crippen molar-refractivity contribution >= 4 is 33.6 Å². The molecule has 0 bridgehead atoms. The molecule has 1 aromatic carbocycles. The molecular formula is C17H19N5O. The molecule has 0 fully saturated rings. The van der Waals surface area contributed by atoms with Gasteiger partial charge in [0.15, 0.2) is 0 Å². The summed E-state index contributed by atoms with van der Waals surface area (Å²) < 4.78 is 7.88. The monoisotopic (exact) mass is 309 g/mol. The SMILES string of the molecule is CN(C)c1nc(N)nc2cc(C3CC=CO3)c3c(ccn3C)c12. The normalized spacial score (nSPS) is 17.1. The summed E-state index contributed by atoms with van der Waals surface area (Å²) in [6.07, 6.45) is 6.76. The Balaban J connectivity index is 2.13. The molecule has 4 rings (SSSR count). The predicted octanol–water partition coefficient (Wildman–Crippen LogP) is 2.74. The number of nitrogens with two attached hydrogens (primary N) is 1. The fraction of sp³-hybridized carbons (Fsp3) is 0.294. The number of hydrogen-bond donors (Lipinski definition) is 1. The second-order valence-corrected chi connectivity index (χ2v) is 6.08. The molecule has 3 heterocycles. The molecule has 23 heavy (non-hydrogen) atoms. The van der Waals surface area contributed by atoms with Gasteiger partial charge in [0, 0.05) is 44.7 Å². The van der Waals surface area contributed by atoms with Gasteiger partial charge in [-0.25, -0.2) is 4.98 Å². The van der Waals surface area contributed by atoms with Crippen LogP contribution in [0.1, 0.15) is 18.1 Å². The lowest BCUT2D eigenvalue weighted by molar-refractivity contribution is 0.174. The number of ether oxygens (including phenoxy) is 1. The summed E-state index contributed by atoms with van der Waals surface area (Å²) >= 11 is 0. The van der Waals surface area contributed by atoms with Crippen molar-refractivity contribution in [3.63, 3.8) is 0 Å². The topological polar surface area (TPSA) is 69.2 Å². The van der Waals surface area contributed by atoms with E-state index in [1.165, 1.54) is 0 Å². The number of fused-ring (bicyclic) bond motifs is 3. The maximum absolute atomic E-state index is 5.92. The predicted molar refractivity (Wildman–Crippen MR) is 92.3 cm³/mol. The Morgan fingerprint density at radius 1 is 1.35 bits per heavy atom. The van der Waals surface area contributed by atoms with Crippen LogP contribution in [-0.4, -0.2) is 28.6 Å². The summed E-state index contributed by atoms with van der Waals surface area (Å²) in [6.45, 7) is 0.